The molecule has 0 amide bonds. The summed E-state index contributed by atoms with van der Waals surface area (Å²) in [5.41, 5.74) is 0. The number of nitrogens with zero attached hydrogens (tertiary/aromatic N) is 2. The summed E-state index contributed by atoms with van der Waals surface area (Å²) < 4.78 is 0. The van der Waals surface area contributed by atoms with Crippen molar-refractivity contribution in [1.82, 2.24) is 10.3 Å². The number of rotatable bonds is 0. The lowest BCUT2D eigenvalue weighted by Gasteiger charge is -1.84. The predicted octanol–water partition coefficient (Wildman–Crippen LogP) is -0.268. The van der Waals surface area contributed by atoms with E-state index in [1.54, 1.807) is 6.21 Å². The zero-order valence-electron chi connectivity index (χ0n) is 4.33. The van der Waals surface area contributed by atoms with Gasteiger partial charge in [0.1, 0.15) is 0 Å². The van der Waals surface area contributed by atoms with Crippen LogP contribution in [0.25, 0.3) is 0 Å². The first kappa shape index (κ1) is 4.09. The van der Waals surface area contributed by atoms with Gasteiger partial charge in [0.25, 0.3) is 5.82 Å². The van der Waals surface area contributed by atoms with Crippen LogP contribution >= 0.6 is 0 Å². The molecule has 0 aromatic carbocycles. The van der Waals surface area contributed by atoms with Crippen LogP contribution in [-0.2, 0) is 0 Å². The maximum absolute atomic E-state index is 4.00. The van der Waals surface area contributed by atoms with Crippen molar-refractivity contribution in [2.24, 2.45) is 5.10 Å². The van der Waals surface area contributed by atoms with E-state index in [1.165, 1.54) is 0 Å². The summed E-state index contributed by atoms with van der Waals surface area (Å²) in [5, 5.41) is 8.95. The second kappa shape index (κ2) is 1.32. The molecular formula is C5H6N3+. The molecule has 8 heavy (non-hydrogen) atoms. The molecule has 0 unspecified atom stereocenters. The summed E-state index contributed by atoms with van der Waals surface area (Å²) >= 11 is 0. The number of fused-ring (bicyclic) bond motifs is 1. The second-order valence-corrected chi connectivity index (χ2v) is 1.72. The highest BCUT2D eigenvalue weighted by Crippen LogP contribution is 2.09. The van der Waals surface area contributed by atoms with E-state index in [0.717, 1.165) is 12.4 Å². The van der Waals surface area contributed by atoms with Crippen LogP contribution < -0.4 is 10.3 Å². The third kappa shape index (κ3) is 0.391. The highest BCUT2D eigenvalue weighted by atomic mass is 15.5. The number of nitrogens with one attached hydrogen (secondary N) is 1. The van der Waals surface area contributed by atoms with Crippen LogP contribution in [0, 0.1) is 6.54 Å². The molecular weight excluding hydrogens is 102 g/mol. The van der Waals surface area contributed by atoms with Crippen molar-refractivity contribution >= 4 is 6.21 Å². The quantitative estimate of drug-likeness (QED) is 0.425. The fourth-order valence-corrected chi connectivity index (χ4v) is 0.836. The van der Waals surface area contributed by atoms with Crippen molar-refractivity contribution in [2.75, 3.05) is 6.54 Å². The average Bonchev–Trinajstić information content (AvgIpc) is 2.15. The standard InChI is InChI=1S/C5H6N3/c1-2-7-8-4-3-6-5(1)8/h1-2,4,6H,3H2/q+1. The average molecular weight is 108 g/mol. The third-order valence-electron chi connectivity index (χ3n) is 1.22. The molecule has 1 saturated heterocycles. The molecule has 0 bridgehead atoms. The van der Waals surface area contributed by atoms with Crippen molar-refractivity contribution in [3.05, 3.63) is 18.4 Å². The van der Waals surface area contributed by atoms with Gasteiger partial charge in [-0.15, -0.1) is 0 Å². The first-order chi connectivity index (χ1) is 3.97. The highest BCUT2D eigenvalue weighted by molar-refractivity contribution is 5.74. The number of allylic oxidation sites excluding steroid dienone is 1. The Morgan fingerprint density at radius 1 is 1.75 bits per heavy atom. The largest absolute Gasteiger partial charge is 0.328 e. The van der Waals surface area contributed by atoms with E-state index in [1.807, 2.05) is 17.6 Å². The first-order valence-electron chi connectivity index (χ1n) is 2.57. The Kier molecular flexibility index (Phi) is 0.676. The topological polar surface area (TPSA) is 30.3 Å². The van der Waals surface area contributed by atoms with Gasteiger partial charge in [-0.3, -0.25) is 0 Å². The smallest absolute Gasteiger partial charge is 0.283 e. The van der Waals surface area contributed by atoms with E-state index in [2.05, 4.69) is 10.4 Å². The van der Waals surface area contributed by atoms with E-state index < -0.39 is 0 Å². The summed E-state index contributed by atoms with van der Waals surface area (Å²) in [4.78, 5) is 0. The van der Waals surface area contributed by atoms with Crippen molar-refractivity contribution < 1.29 is 0 Å². The van der Waals surface area contributed by atoms with Gasteiger partial charge in [0, 0.05) is 11.1 Å². The molecule has 0 atom stereocenters. The van der Waals surface area contributed by atoms with Crippen molar-refractivity contribution in [3.63, 3.8) is 0 Å². The molecule has 0 saturated carbocycles. The number of hydrogen-bond acceptors (Lipinski definition) is 3. The minimum atomic E-state index is 0.906. The minimum Gasteiger partial charge on any atom is -0.328 e. The highest BCUT2D eigenvalue weighted by Gasteiger charge is 2.32. The third-order valence-corrected chi connectivity index (χ3v) is 1.22. The fraction of sp³-hybridized carbons (Fsp3) is 0.200. The lowest BCUT2D eigenvalue weighted by Crippen LogP contribution is -2.12. The van der Waals surface area contributed by atoms with Gasteiger partial charge in [0.05, 0.1) is 12.8 Å². The second-order valence-electron chi connectivity index (χ2n) is 1.72. The molecule has 0 aromatic heterocycles. The maximum Gasteiger partial charge on any atom is 0.283 e. The SMILES string of the molecule is [CH]1CNC2=CC=N[N+]12. The Labute approximate surface area is 47.7 Å². The molecule has 3 heteroatoms. The molecule has 0 aromatic rings. The summed E-state index contributed by atoms with van der Waals surface area (Å²) in [5.74, 6) is 1.09. The lowest BCUT2D eigenvalue weighted by molar-refractivity contribution is 0.660. The van der Waals surface area contributed by atoms with Crippen LogP contribution in [0.4, 0.5) is 0 Å². The Hall–Kier alpha value is -0.830. The fourth-order valence-electron chi connectivity index (χ4n) is 0.836. The summed E-state index contributed by atoms with van der Waals surface area (Å²) in [6.07, 6.45) is 3.72. The van der Waals surface area contributed by atoms with Gasteiger partial charge < -0.3 is 5.32 Å². The van der Waals surface area contributed by atoms with E-state index in [0.29, 0.717) is 0 Å². The monoisotopic (exact) mass is 108 g/mol. The molecule has 1 N–H and O–H groups in total. The van der Waals surface area contributed by atoms with Crippen LogP contribution in [0.2, 0.25) is 0 Å². The van der Waals surface area contributed by atoms with Crippen molar-refractivity contribution in [2.45, 2.75) is 0 Å². The molecule has 40 valence electrons. The van der Waals surface area contributed by atoms with Crippen LogP contribution in [0.15, 0.2) is 17.0 Å². The van der Waals surface area contributed by atoms with E-state index >= 15 is 0 Å². The zero-order valence-corrected chi connectivity index (χ0v) is 4.33. The van der Waals surface area contributed by atoms with E-state index in [9.17, 15) is 0 Å². The van der Waals surface area contributed by atoms with Gasteiger partial charge in [-0.1, -0.05) is 0 Å². The summed E-state index contributed by atoms with van der Waals surface area (Å²) in [6.45, 7) is 2.90. The molecule has 2 radical (unpaired) electrons. The van der Waals surface area contributed by atoms with Gasteiger partial charge in [0.15, 0.2) is 0 Å². The van der Waals surface area contributed by atoms with Crippen LogP contribution in [-0.4, -0.2) is 12.8 Å². The normalized spacial score (nSPS) is 25.2. The number of hydrogen-bond donors (Lipinski definition) is 1. The van der Waals surface area contributed by atoms with Gasteiger partial charge in [-0.05, 0) is 5.10 Å². The molecule has 2 rings (SSSR count). The first-order valence-corrected chi connectivity index (χ1v) is 2.57. The molecule has 1 fully saturated rings. The van der Waals surface area contributed by atoms with E-state index in [4.69, 9.17) is 0 Å². The Morgan fingerprint density at radius 3 is 3.62 bits per heavy atom. The number of hydrazone groups is 1. The van der Waals surface area contributed by atoms with Gasteiger partial charge >= 0.3 is 0 Å². The van der Waals surface area contributed by atoms with Crippen LogP contribution in [0.3, 0.4) is 0 Å². The summed E-state index contributed by atoms with van der Waals surface area (Å²) in [7, 11) is 0. The van der Waals surface area contributed by atoms with Crippen LogP contribution in [0.5, 0.6) is 0 Å². The predicted molar refractivity (Wildman–Crippen MR) is 31.0 cm³/mol. The van der Waals surface area contributed by atoms with Crippen molar-refractivity contribution in [1.29, 1.82) is 0 Å². The van der Waals surface area contributed by atoms with E-state index in [-0.39, 0.29) is 0 Å². The molecule has 2 heterocycles. The minimum absolute atomic E-state index is 0.906. The molecule has 2 aliphatic heterocycles. The molecule has 0 spiro atoms. The van der Waals surface area contributed by atoms with Crippen molar-refractivity contribution in [3.8, 4) is 0 Å². The Balaban J connectivity index is 2.29. The lowest BCUT2D eigenvalue weighted by atomic mass is 10.6. The Bertz CT molecular complexity index is 159. The maximum atomic E-state index is 4.00. The molecule has 2 aliphatic rings. The molecule has 0 aliphatic carbocycles. The molecule has 3 nitrogen and oxygen atoms in total. The van der Waals surface area contributed by atoms with Crippen LogP contribution in [0.1, 0.15) is 0 Å². The Morgan fingerprint density at radius 2 is 2.75 bits per heavy atom. The zero-order chi connectivity index (χ0) is 5.40. The van der Waals surface area contributed by atoms with Gasteiger partial charge in [-0.2, -0.15) is 0 Å². The summed E-state index contributed by atoms with van der Waals surface area (Å²) in [6, 6.07) is 0. The van der Waals surface area contributed by atoms with Gasteiger partial charge in [-0.25, -0.2) is 0 Å². The van der Waals surface area contributed by atoms with Gasteiger partial charge in [0.2, 0.25) is 6.54 Å².